The number of carbonyl (C=O) groups is 1. The molecule has 0 spiro atoms. The van der Waals surface area contributed by atoms with Crippen LogP contribution in [-0.2, 0) is 16.3 Å². The van der Waals surface area contributed by atoms with Gasteiger partial charge in [0.25, 0.3) is 0 Å². The summed E-state index contributed by atoms with van der Waals surface area (Å²) in [5.74, 6) is -0.0445. The Morgan fingerprint density at radius 3 is 2.40 bits per heavy atom. The minimum Gasteiger partial charge on any atom is -0.294 e. The summed E-state index contributed by atoms with van der Waals surface area (Å²) in [7, 11) is -3.04. The summed E-state index contributed by atoms with van der Waals surface area (Å²) in [5.41, 5.74) is 1.92. The molecule has 0 saturated heterocycles. The van der Waals surface area contributed by atoms with E-state index < -0.39 is 9.84 Å². The van der Waals surface area contributed by atoms with Crippen LogP contribution in [0.25, 0.3) is 0 Å². The SMILES string of the molecule is CCc1ccc(C(=O)C2CCCC(S(C)(=O)=O)C2)cc1. The summed E-state index contributed by atoms with van der Waals surface area (Å²) in [4.78, 5) is 12.5. The quantitative estimate of drug-likeness (QED) is 0.802. The van der Waals surface area contributed by atoms with Crippen LogP contribution in [0.5, 0.6) is 0 Å². The molecule has 2 unspecified atom stereocenters. The van der Waals surface area contributed by atoms with Crippen molar-refractivity contribution in [2.24, 2.45) is 5.92 Å². The predicted molar refractivity (Wildman–Crippen MR) is 80.7 cm³/mol. The molecular formula is C16H22O3S. The van der Waals surface area contributed by atoms with Crippen LogP contribution in [0, 0.1) is 5.92 Å². The number of sulfone groups is 1. The lowest BCUT2D eigenvalue weighted by Crippen LogP contribution is -2.31. The minimum absolute atomic E-state index is 0.0982. The number of aryl methyl sites for hydroxylation is 1. The highest BCUT2D eigenvalue weighted by Gasteiger charge is 2.32. The third kappa shape index (κ3) is 3.48. The lowest BCUT2D eigenvalue weighted by Gasteiger charge is -2.27. The van der Waals surface area contributed by atoms with Crippen LogP contribution in [-0.4, -0.2) is 25.7 Å². The average molecular weight is 294 g/mol. The van der Waals surface area contributed by atoms with Crippen molar-refractivity contribution in [2.75, 3.05) is 6.26 Å². The standard InChI is InChI=1S/C16H22O3S/c1-3-12-7-9-13(10-8-12)16(17)14-5-4-6-15(11-14)20(2,18)19/h7-10,14-15H,3-6,11H2,1-2H3. The molecule has 0 radical (unpaired) electrons. The molecule has 1 aromatic carbocycles. The van der Waals surface area contributed by atoms with Crippen molar-refractivity contribution in [1.82, 2.24) is 0 Å². The van der Waals surface area contributed by atoms with E-state index in [1.807, 2.05) is 24.3 Å². The largest absolute Gasteiger partial charge is 0.294 e. The van der Waals surface area contributed by atoms with Gasteiger partial charge in [0, 0.05) is 17.7 Å². The highest BCUT2D eigenvalue weighted by molar-refractivity contribution is 7.91. The maximum Gasteiger partial charge on any atom is 0.165 e. The second-order valence-electron chi connectivity index (χ2n) is 5.73. The van der Waals surface area contributed by atoms with E-state index in [1.165, 1.54) is 11.8 Å². The molecule has 3 nitrogen and oxygen atoms in total. The van der Waals surface area contributed by atoms with Gasteiger partial charge in [-0.1, -0.05) is 37.6 Å². The molecule has 0 bridgehead atoms. The fourth-order valence-corrected chi connectivity index (χ4v) is 4.09. The zero-order chi connectivity index (χ0) is 14.8. The molecule has 4 heteroatoms. The Kier molecular flexibility index (Phi) is 4.63. The van der Waals surface area contributed by atoms with Crippen molar-refractivity contribution in [1.29, 1.82) is 0 Å². The second-order valence-corrected chi connectivity index (χ2v) is 8.06. The van der Waals surface area contributed by atoms with Crippen LogP contribution < -0.4 is 0 Å². The molecule has 1 fully saturated rings. The third-order valence-corrected chi connectivity index (χ3v) is 5.89. The van der Waals surface area contributed by atoms with E-state index in [0.29, 0.717) is 18.4 Å². The van der Waals surface area contributed by atoms with Crippen LogP contribution in [0.2, 0.25) is 0 Å². The van der Waals surface area contributed by atoms with Gasteiger partial charge in [-0.25, -0.2) is 8.42 Å². The maximum absolute atomic E-state index is 12.5. The normalized spacial score (nSPS) is 23.5. The molecule has 2 atom stereocenters. The molecule has 0 aromatic heterocycles. The van der Waals surface area contributed by atoms with Gasteiger partial charge in [-0.3, -0.25) is 4.79 Å². The van der Waals surface area contributed by atoms with Gasteiger partial charge < -0.3 is 0 Å². The summed E-state index contributed by atoms with van der Waals surface area (Å²) in [6, 6.07) is 7.69. The van der Waals surface area contributed by atoms with Crippen molar-refractivity contribution in [3.63, 3.8) is 0 Å². The van der Waals surface area contributed by atoms with Crippen LogP contribution >= 0.6 is 0 Å². The van der Waals surface area contributed by atoms with Gasteiger partial charge in [-0.05, 0) is 31.2 Å². The monoisotopic (exact) mass is 294 g/mol. The summed E-state index contributed by atoms with van der Waals surface area (Å²) >= 11 is 0. The van der Waals surface area contributed by atoms with Gasteiger partial charge in [0.05, 0.1) is 5.25 Å². The first-order valence-corrected chi connectivity index (χ1v) is 9.19. The van der Waals surface area contributed by atoms with Crippen molar-refractivity contribution < 1.29 is 13.2 Å². The van der Waals surface area contributed by atoms with Crippen molar-refractivity contribution in [3.05, 3.63) is 35.4 Å². The van der Waals surface area contributed by atoms with Crippen molar-refractivity contribution in [2.45, 2.75) is 44.3 Å². The van der Waals surface area contributed by atoms with E-state index in [0.717, 1.165) is 19.3 Å². The predicted octanol–water partition coefficient (Wildman–Crippen LogP) is 3.04. The molecular weight excluding hydrogens is 272 g/mol. The third-order valence-electron chi connectivity index (χ3n) is 4.25. The van der Waals surface area contributed by atoms with Gasteiger partial charge in [0.15, 0.2) is 5.78 Å². The topological polar surface area (TPSA) is 51.2 Å². The molecule has 1 saturated carbocycles. The Morgan fingerprint density at radius 1 is 1.20 bits per heavy atom. The highest BCUT2D eigenvalue weighted by atomic mass is 32.2. The van der Waals surface area contributed by atoms with E-state index in [9.17, 15) is 13.2 Å². The number of benzene rings is 1. The maximum atomic E-state index is 12.5. The van der Waals surface area contributed by atoms with Crippen molar-refractivity contribution in [3.8, 4) is 0 Å². The highest BCUT2D eigenvalue weighted by Crippen LogP contribution is 2.30. The molecule has 1 aromatic rings. The summed E-state index contributed by atoms with van der Waals surface area (Å²) < 4.78 is 23.3. The number of rotatable bonds is 4. The molecule has 0 amide bonds. The first kappa shape index (κ1) is 15.2. The van der Waals surface area contributed by atoms with E-state index in [2.05, 4.69) is 6.92 Å². The van der Waals surface area contributed by atoms with E-state index >= 15 is 0 Å². The summed E-state index contributed by atoms with van der Waals surface area (Å²) in [6.45, 7) is 2.08. The molecule has 1 aliphatic carbocycles. The zero-order valence-electron chi connectivity index (χ0n) is 12.1. The number of Topliss-reactive ketones (excluding diaryl/α,β-unsaturated/α-hetero) is 1. The minimum atomic E-state index is -3.04. The van der Waals surface area contributed by atoms with E-state index in [4.69, 9.17) is 0 Å². The fourth-order valence-electron chi connectivity index (χ4n) is 2.91. The smallest absolute Gasteiger partial charge is 0.165 e. The Balaban J connectivity index is 2.12. The molecule has 2 rings (SSSR count). The Hall–Kier alpha value is -1.16. The molecule has 0 aliphatic heterocycles. The number of hydrogen-bond acceptors (Lipinski definition) is 3. The first-order chi connectivity index (χ1) is 9.41. The van der Waals surface area contributed by atoms with Crippen LogP contribution in [0.3, 0.4) is 0 Å². The Bertz CT molecular complexity index is 572. The lowest BCUT2D eigenvalue weighted by molar-refractivity contribution is 0.0891. The van der Waals surface area contributed by atoms with Crippen LogP contribution in [0.4, 0.5) is 0 Å². The second kappa shape index (κ2) is 6.08. The average Bonchev–Trinajstić information content (AvgIpc) is 2.46. The number of ketones is 1. The van der Waals surface area contributed by atoms with Crippen LogP contribution in [0.15, 0.2) is 24.3 Å². The van der Waals surface area contributed by atoms with Gasteiger partial charge >= 0.3 is 0 Å². The Labute approximate surface area is 121 Å². The van der Waals surface area contributed by atoms with Crippen molar-refractivity contribution >= 4 is 15.6 Å². The molecule has 20 heavy (non-hydrogen) atoms. The van der Waals surface area contributed by atoms with Gasteiger partial charge in [-0.2, -0.15) is 0 Å². The summed E-state index contributed by atoms with van der Waals surface area (Å²) in [5, 5.41) is -0.347. The molecule has 0 heterocycles. The van der Waals surface area contributed by atoms with Gasteiger partial charge in [0.2, 0.25) is 0 Å². The van der Waals surface area contributed by atoms with E-state index in [1.54, 1.807) is 0 Å². The lowest BCUT2D eigenvalue weighted by atomic mass is 9.83. The number of carbonyl (C=O) groups excluding carboxylic acids is 1. The number of hydrogen-bond donors (Lipinski definition) is 0. The van der Waals surface area contributed by atoms with Crippen LogP contribution in [0.1, 0.15) is 48.5 Å². The molecule has 0 N–H and O–H groups in total. The molecule has 1 aliphatic rings. The molecule has 110 valence electrons. The Morgan fingerprint density at radius 2 is 1.85 bits per heavy atom. The first-order valence-electron chi connectivity index (χ1n) is 7.24. The zero-order valence-corrected chi connectivity index (χ0v) is 12.9. The van der Waals surface area contributed by atoms with Gasteiger partial charge in [0.1, 0.15) is 9.84 Å². The van der Waals surface area contributed by atoms with E-state index in [-0.39, 0.29) is 17.0 Å². The fraction of sp³-hybridized carbons (Fsp3) is 0.562. The van der Waals surface area contributed by atoms with Gasteiger partial charge in [-0.15, -0.1) is 0 Å². The summed E-state index contributed by atoms with van der Waals surface area (Å²) in [6.07, 6.45) is 5.03.